The molecule has 21 heavy (non-hydrogen) atoms. The Morgan fingerprint density at radius 3 is 2.57 bits per heavy atom. The van der Waals surface area contributed by atoms with Crippen LogP contribution < -0.4 is 10.1 Å². The lowest BCUT2D eigenvalue weighted by Gasteiger charge is -2.20. The molecule has 0 amide bonds. The first-order chi connectivity index (χ1) is 10.2. The molecule has 1 atom stereocenters. The van der Waals surface area contributed by atoms with Crippen molar-refractivity contribution < 1.29 is 13.5 Å². The third kappa shape index (κ3) is 3.58. The number of para-hydroxylation sites is 1. The number of benzene rings is 2. The van der Waals surface area contributed by atoms with E-state index in [0.717, 1.165) is 17.4 Å². The van der Waals surface area contributed by atoms with E-state index in [9.17, 15) is 8.78 Å². The summed E-state index contributed by atoms with van der Waals surface area (Å²) >= 11 is 0. The van der Waals surface area contributed by atoms with Crippen LogP contribution in [0.25, 0.3) is 0 Å². The van der Waals surface area contributed by atoms with Crippen molar-refractivity contribution in [3.63, 3.8) is 0 Å². The molecule has 0 aliphatic carbocycles. The van der Waals surface area contributed by atoms with Crippen LogP contribution in [0, 0.1) is 11.6 Å². The Bertz CT molecular complexity index is 601. The molecule has 4 heteroatoms. The number of hydrogen-bond acceptors (Lipinski definition) is 2. The van der Waals surface area contributed by atoms with E-state index < -0.39 is 11.6 Å². The minimum Gasteiger partial charge on any atom is -0.494 e. The molecule has 2 aromatic rings. The Labute approximate surface area is 123 Å². The van der Waals surface area contributed by atoms with Crippen LogP contribution in [-0.2, 0) is 6.42 Å². The van der Waals surface area contributed by atoms with E-state index in [4.69, 9.17) is 4.74 Å². The van der Waals surface area contributed by atoms with Crippen LogP contribution in [0.4, 0.5) is 8.78 Å². The number of rotatable bonds is 6. The lowest BCUT2D eigenvalue weighted by atomic mass is 9.97. The molecule has 2 nitrogen and oxygen atoms in total. The van der Waals surface area contributed by atoms with E-state index in [0.29, 0.717) is 18.6 Å². The standard InChI is InChI=1S/C17H19F2NO/c1-3-21-16-10-5-4-8-13(16)15(20-2)11-12-7-6-9-14(18)17(12)19/h4-10,15,20H,3,11H2,1-2H3. The first-order valence-electron chi connectivity index (χ1n) is 6.99. The van der Waals surface area contributed by atoms with E-state index in [1.54, 1.807) is 13.1 Å². The van der Waals surface area contributed by atoms with Crippen molar-refractivity contribution in [3.8, 4) is 5.75 Å². The SMILES string of the molecule is CCOc1ccccc1C(Cc1cccc(F)c1F)NC. The number of hydrogen-bond donors (Lipinski definition) is 1. The van der Waals surface area contributed by atoms with Crippen LogP contribution in [0.5, 0.6) is 5.75 Å². The predicted octanol–water partition coefficient (Wildman–Crippen LogP) is 3.87. The topological polar surface area (TPSA) is 21.3 Å². The van der Waals surface area contributed by atoms with E-state index in [1.807, 2.05) is 31.2 Å². The minimum atomic E-state index is -0.819. The van der Waals surface area contributed by atoms with Gasteiger partial charge in [0.25, 0.3) is 0 Å². The molecule has 112 valence electrons. The van der Waals surface area contributed by atoms with Gasteiger partial charge in [-0.1, -0.05) is 30.3 Å². The molecule has 1 N–H and O–H groups in total. The molecule has 0 aromatic heterocycles. The highest BCUT2D eigenvalue weighted by Gasteiger charge is 2.18. The van der Waals surface area contributed by atoms with E-state index >= 15 is 0 Å². The van der Waals surface area contributed by atoms with Crippen LogP contribution >= 0.6 is 0 Å². The predicted molar refractivity (Wildman–Crippen MR) is 79.5 cm³/mol. The van der Waals surface area contributed by atoms with Crippen LogP contribution in [0.1, 0.15) is 24.1 Å². The quantitative estimate of drug-likeness (QED) is 0.872. The third-order valence-corrected chi connectivity index (χ3v) is 3.40. The van der Waals surface area contributed by atoms with E-state index in [1.165, 1.54) is 6.07 Å². The summed E-state index contributed by atoms with van der Waals surface area (Å²) < 4.78 is 32.7. The van der Waals surface area contributed by atoms with Gasteiger partial charge in [-0.25, -0.2) is 8.78 Å². The summed E-state index contributed by atoms with van der Waals surface area (Å²) in [5.41, 5.74) is 1.28. The zero-order valence-corrected chi connectivity index (χ0v) is 12.2. The van der Waals surface area contributed by atoms with Gasteiger partial charge in [0.1, 0.15) is 5.75 Å². The second-order valence-electron chi connectivity index (χ2n) is 4.73. The first kappa shape index (κ1) is 15.4. The average molecular weight is 291 g/mol. The van der Waals surface area contributed by atoms with Crippen LogP contribution in [0.3, 0.4) is 0 Å². The van der Waals surface area contributed by atoms with Crippen molar-refractivity contribution in [2.45, 2.75) is 19.4 Å². The Hall–Kier alpha value is -1.94. The minimum absolute atomic E-state index is 0.149. The Morgan fingerprint density at radius 2 is 1.86 bits per heavy atom. The number of halogens is 2. The average Bonchev–Trinajstić information content (AvgIpc) is 2.50. The van der Waals surface area contributed by atoms with Gasteiger partial charge in [-0.3, -0.25) is 0 Å². The molecule has 0 heterocycles. The Morgan fingerprint density at radius 1 is 1.10 bits per heavy atom. The van der Waals surface area contributed by atoms with Crippen LogP contribution in [0.15, 0.2) is 42.5 Å². The number of nitrogens with one attached hydrogen (secondary N) is 1. The fourth-order valence-corrected chi connectivity index (χ4v) is 2.35. The lowest BCUT2D eigenvalue weighted by molar-refractivity contribution is 0.332. The van der Waals surface area contributed by atoms with Gasteiger partial charge in [-0.2, -0.15) is 0 Å². The molecular weight excluding hydrogens is 272 g/mol. The van der Waals surface area contributed by atoms with Crippen molar-refractivity contribution in [3.05, 3.63) is 65.2 Å². The normalized spacial score (nSPS) is 12.2. The Kier molecular flexibility index (Phi) is 5.28. The molecular formula is C17H19F2NO. The van der Waals surface area contributed by atoms with Gasteiger partial charge in [0, 0.05) is 11.6 Å². The molecule has 0 radical (unpaired) electrons. The second-order valence-corrected chi connectivity index (χ2v) is 4.73. The van der Waals surface area contributed by atoms with Gasteiger partial charge in [0.2, 0.25) is 0 Å². The number of ether oxygens (including phenoxy) is 1. The maximum atomic E-state index is 13.8. The summed E-state index contributed by atoms with van der Waals surface area (Å²) in [5, 5.41) is 3.14. The maximum Gasteiger partial charge on any atom is 0.162 e. The highest BCUT2D eigenvalue weighted by atomic mass is 19.2. The van der Waals surface area contributed by atoms with Gasteiger partial charge in [0.15, 0.2) is 11.6 Å². The molecule has 0 aliphatic heterocycles. The maximum absolute atomic E-state index is 13.8. The number of likely N-dealkylation sites (N-methyl/N-ethyl adjacent to an activating group) is 1. The highest BCUT2D eigenvalue weighted by molar-refractivity contribution is 5.37. The molecule has 1 unspecified atom stereocenters. The molecule has 0 bridgehead atoms. The van der Waals surface area contributed by atoms with Crippen molar-refractivity contribution in [2.75, 3.05) is 13.7 Å². The monoisotopic (exact) mass is 291 g/mol. The van der Waals surface area contributed by atoms with E-state index in [2.05, 4.69) is 5.32 Å². The largest absolute Gasteiger partial charge is 0.494 e. The van der Waals surface area contributed by atoms with Crippen molar-refractivity contribution in [1.82, 2.24) is 5.32 Å². The van der Waals surface area contributed by atoms with Crippen molar-refractivity contribution in [1.29, 1.82) is 0 Å². The zero-order valence-electron chi connectivity index (χ0n) is 12.2. The van der Waals surface area contributed by atoms with Gasteiger partial charge in [0.05, 0.1) is 6.61 Å². The molecule has 0 saturated heterocycles. The summed E-state index contributed by atoms with van der Waals surface area (Å²) in [6.45, 7) is 2.47. The molecule has 2 aromatic carbocycles. The molecule has 0 fully saturated rings. The van der Waals surface area contributed by atoms with Crippen LogP contribution in [0.2, 0.25) is 0 Å². The lowest BCUT2D eigenvalue weighted by Crippen LogP contribution is -2.20. The van der Waals surface area contributed by atoms with Crippen molar-refractivity contribution >= 4 is 0 Å². The highest BCUT2D eigenvalue weighted by Crippen LogP contribution is 2.28. The van der Waals surface area contributed by atoms with E-state index in [-0.39, 0.29) is 6.04 Å². The van der Waals surface area contributed by atoms with Gasteiger partial charge < -0.3 is 10.1 Å². The summed E-state index contributed by atoms with van der Waals surface area (Å²) in [7, 11) is 1.80. The molecule has 0 aliphatic rings. The fraction of sp³-hybridized carbons (Fsp3) is 0.294. The first-order valence-corrected chi connectivity index (χ1v) is 6.99. The van der Waals surface area contributed by atoms with Crippen LogP contribution in [-0.4, -0.2) is 13.7 Å². The summed E-state index contributed by atoms with van der Waals surface area (Å²) in [4.78, 5) is 0. The second kappa shape index (κ2) is 7.18. The van der Waals surface area contributed by atoms with Gasteiger partial charge in [-0.15, -0.1) is 0 Å². The molecule has 0 spiro atoms. The summed E-state index contributed by atoms with van der Waals surface area (Å²) in [6, 6.07) is 11.7. The van der Waals surface area contributed by atoms with Gasteiger partial charge in [-0.05, 0) is 38.1 Å². The fourth-order valence-electron chi connectivity index (χ4n) is 2.35. The molecule has 2 rings (SSSR count). The van der Waals surface area contributed by atoms with Gasteiger partial charge >= 0.3 is 0 Å². The third-order valence-electron chi connectivity index (χ3n) is 3.40. The van der Waals surface area contributed by atoms with Crippen molar-refractivity contribution in [2.24, 2.45) is 0 Å². The summed E-state index contributed by atoms with van der Waals surface area (Å²) in [6.07, 6.45) is 0.351. The zero-order chi connectivity index (χ0) is 15.2. The Balaban J connectivity index is 2.30. The summed E-state index contributed by atoms with van der Waals surface area (Å²) in [5.74, 6) is -0.844. The smallest absolute Gasteiger partial charge is 0.162 e. The molecule has 0 saturated carbocycles.